The molecule has 1 aliphatic carbocycles. The molecule has 3 aromatic rings. The Balaban J connectivity index is 1.33. The second-order valence-electron chi connectivity index (χ2n) is 9.87. The zero-order chi connectivity index (χ0) is 24.2. The standard InChI is InChI=1S/C27H26N4O4/c28-25(32)24(22-15-29-11-12-30-22)31-13-9-17(10-14-31)23(16-31)35-26(33)27(34)20-7-3-1-5-18(20)19-6-2-4-8-21(19)27/h1-8,11-12,15,17,23-24,34H,9-10,13-14,16H2,(H-,28,32)/p+1/t17?,23-,24?,31?/m0/s1. The van der Waals surface area contributed by atoms with Crippen LogP contribution < -0.4 is 5.73 Å². The van der Waals surface area contributed by atoms with Crippen LogP contribution in [-0.4, -0.2) is 57.2 Å². The zero-order valence-corrected chi connectivity index (χ0v) is 19.2. The Bertz CT molecular complexity index is 1260. The molecule has 35 heavy (non-hydrogen) atoms. The van der Waals surface area contributed by atoms with E-state index in [2.05, 4.69) is 9.97 Å². The first-order chi connectivity index (χ1) is 16.9. The molecule has 8 nitrogen and oxygen atoms in total. The number of nitrogens with zero attached hydrogens (tertiary/aromatic N) is 3. The molecular formula is C27H27N4O4+. The van der Waals surface area contributed by atoms with Crippen LogP contribution in [0, 0.1) is 5.92 Å². The number of amides is 1. The van der Waals surface area contributed by atoms with Crippen molar-refractivity contribution in [2.75, 3.05) is 19.6 Å². The molecule has 3 fully saturated rings. The maximum atomic E-state index is 13.7. The van der Waals surface area contributed by atoms with Gasteiger partial charge in [0.1, 0.15) is 12.2 Å². The molecule has 2 bridgehead atoms. The first-order valence-corrected chi connectivity index (χ1v) is 12.0. The molecule has 3 aliphatic heterocycles. The Hall–Kier alpha value is -3.62. The van der Waals surface area contributed by atoms with E-state index in [0.717, 1.165) is 37.1 Å². The Kier molecular flexibility index (Phi) is 4.98. The summed E-state index contributed by atoms with van der Waals surface area (Å²) in [6, 6.07) is 14.1. The van der Waals surface area contributed by atoms with E-state index >= 15 is 0 Å². The van der Waals surface area contributed by atoms with Crippen molar-refractivity contribution in [3.8, 4) is 11.1 Å². The predicted octanol–water partition coefficient (Wildman–Crippen LogP) is 2.07. The molecule has 7 rings (SSSR count). The van der Waals surface area contributed by atoms with Gasteiger partial charge in [0.2, 0.25) is 11.6 Å². The molecule has 2 atom stereocenters. The van der Waals surface area contributed by atoms with Gasteiger partial charge in [0.05, 0.1) is 19.3 Å². The van der Waals surface area contributed by atoms with Gasteiger partial charge in [-0.2, -0.15) is 0 Å². The number of quaternary nitrogens is 1. The maximum Gasteiger partial charge on any atom is 0.348 e. The minimum absolute atomic E-state index is 0.171. The number of primary amides is 1. The molecular weight excluding hydrogens is 444 g/mol. The van der Waals surface area contributed by atoms with Gasteiger partial charge in [-0.25, -0.2) is 4.79 Å². The van der Waals surface area contributed by atoms with Gasteiger partial charge in [0.25, 0.3) is 5.91 Å². The second-order valence-corrected chi connectivity index (χ2v) is 9.87. The highest BCUT2D eigenvalue weighted by Gasteiger charge is 2.56. The lowest BCUT2D eigenvalue weighted by molar-refractivity contribution is -0.965. The van der Waals surface area contributed by atoms with Crippen molar-refractivity contribution in [2.24, 2.45) is 11.7 Å². The van der Waals surface area contributed by atoms with Gasteiger partial charge < -0.3 is 20.1 Å². The Morgan fingerprint density at radius 2 is 1.66 bits per heavy atom. The van der Waals surface area contributed by atoms with Crippen LogP contribution in [-0.2, 0) is 19.9 Å². The van der Waals surface area contributed by atoms with Crippen molar-refractivity contribution in [1.29, 1.82) is 0 Å². The number of esters is 1. The Morgan fingerprint density at radius 1 is 1.03 bits per heavy atom. The van der Waals surface area contributed by atoms with Gasteiger partial charge in [-0.05, 0) is 11.1 Å². The van der Waals surface area contributed by atoms with Crippen molar-refractivity contribution < 1.29 is 23.9 Å². The third-order valence-electron chi connectivity index (χ3n) is 8.12. The minimum Gasteiger partial charge on any atom is -0.453 e. The molecule has 0 radical (unpaired) electrons. The van der Waals surface area contributed by atoms with E-state index in [4.69, 9.17) is 10.5 Å². The quantitative estimate of drug-likeness (QED) is 0.435. The number of piperidine rings is 3. The number of nitrogens with two attached hydrogens (primary N) is 1. The maximum absolute atomic E-state index is 13.7. The van der Waals surface area contributed by atoms with E-state index in [1.165, 1.54) is 0 Å². The van der Waals surface area contributed by atoms with E-state index in [0.29, 0.717) is 27.8 Å². The highest BCUT2D eigenvalue weighted by atomic mass is 16.6. The third kappa shape index (κ3) is 3.20. The highest BCUT2D eigenvalue weighted by molar-refractivity contribution is 5.96. The molecule has 1 amide bonds. The molecule has 3 N–H and O–H groups in total. The largest absolute Gasteiger partial charge is 0.453 e. The topological polar surface area (TPSA) is 115 Å². The van der Waals surface area contributed by atoms with E-state index in [1.54, 1.807) is 30.7 Å². The third-order valence-corrected chi connectivity index (χ3v) is 8.12. The molecule has 0 saturated carbocycles. The molecule has 178 valence electrons. The average Bonchev–Trinajstić information content (AvgIpc) is 3.15. The van der Waals surface area contributed by atoms with E-state index < -0.39 is 29.6 Å². The SMILES string of the molecule is NC(=O)C(c1cnccn1)[N+]12CCC(CC1)[C@@H](OC(=O)C1(O)c3ccccc3-c3ccccc31)C2. The summed E-state index contributed by atoms with van der Waals surface area (Å²) in [6.45, 7) is 1.94. The Morgan fingerprint density at radius 3 is 2.23 bits per heavy atom. The van der Waals surface area contributed by atoms with Gasteiger partial charge in [0.15, 0.2) is 6.10 Å². The van der Waals surface area contributed by atoms with Gasteiger partial charge in [-0.3, -0.25) is 14.8 Å². The monoisotopic (exact) mass is 471 g/mol. The van der Waals surface area contributed by atoms with Crippen molar-refractivity contribution in [1.82, 2.24) is 9.97 Å². The van der Waals surface area contributed by atoms with Crippen molar-refractivity contribution >= 4 is 11.9 Å². The predicted molar refractivity (Wildman–Crippen MR) is 126 cm³/mol. The molecule has 0 spiro atoms. The minimum atomic E-state index is -1.88. The summed E-state index contributed by atoms with van der Waals surface area (Å²) < 4.78 is 6.51. The Labute approximate surface area is 203 Å². The van der Waals surface area contributed by atoms with Crippen LogP contribution in [0.15, 0.2) is 67.1 Å². The van der Waals surface area contributed by atoms with Crippen molar-refractivity contribution in [2.45, 2.75) is 30.6 Å². The van der Waals surface area contributed by atoms with Crippen molar-refractivity contribution in [3.05, 3.63) is 83.9 Å². The first-order valence-electron chi connectivity index (χ1n) is 12.0. The fourth-order valence-corrected chi connectivity index (χ4v) is 6.46. The van der Waals surface area contributed by atoms with E-state index in [9.17, 15) is 14.7 Å². The van der Waals surface area contributed by atoms with Crippen LogP contribution in [0.5, 0.6) is 0 Å². The lowest BCUT2D eigenvalue weighted by atomic mass is 9.81. The number of rotatable bonds is 5. The number of aromatic nitrogens is 2. The fraction of sp³-hybridized carbons (Fsp3) is 0.333. The summed E-state index contributed by atoms with van der Waals surface area (Å²) in [7, 11) is 0. The molecule has 2 aromatic carbocycles. The molecule has 4 heterocycles. The summed E-state index contributed by atoms with van der Waals surface area (Å²) in [5, 5.41) is 11.8. The van der Waals surface area contributed by atoms with Crippen LogP contribution in [0.4, 0.5) is 0 Å². The number of hydrogen-bond donors (Lipinski definition) is 2. The first kappa shape index (κ1) is 21.9. The molecule has 1 unspecified atom stereocenters. The number of benzene rings is 2. The van der Waals surface area contributed by atoms with Crippen LogP contribution in [0.3, 0.4) is 0 Å². The van der Waals surface area contributed by atoms with E-state index in [1.807, 2.05) is 36.4 Å². The van der Waals surface area contributed by atoms with E-state index in [-0.39, 0.29) is 5.92 Å². The van der Waals surface area contributed by atoms with Crippen LogP contribution in [0.2, 0.25) is 0 Å². The zero-order valence-electron chi connectivity index (χ0n) is 19.2. The summed E-state index contributed by atoms with van der Waals surface area (Å²) in [4.78, 5) is 34.9. The molecule has 4 aliphatic rings. The smallest absolute Gasteiger partial charge is 0.348 e. The summed E-state index contributed by atoms with van der Waals surface area (Å²) in [5.74, 6) is -0.972. The van der Waals surface area contributed by atoms with Gasteiger partial charge in [0, 0.05) is 42.3 Å². The molecule has 8 heteroatoms. The van der Waals surface area contributed by atoms with Gasteiger partial charge in [-0.15, -0.1) is 0 Å². The summed E-state index contributed by atoms with van der Waals surface area (Å²) >= 11 is 0. The number of hydrogen-bond acceptors (Lipinski definition) is 6. The lowest BCUT2D eigenvalue weighted by Crippen LogP contribution is -2.67. The van der Waals surface area contributed by atoms with Crippen LogP contribution >= 0.6 is 0 Å². The molecule has 1 aromatic heterocycles. The van der Waals surface area contributed by atoms with Crippen LogP contribution in [0.25, 0.3) is 11.1 Å². The fourth-order valence-electron chi connectivity index (χ4n) is 6.46. The number of aliphatic hydroxyl groups is 1. The van der Waals surface area contributed by atoms with Gasteiger partial charge >= 0.3 is 5.97 Å². The highest BCUT2D eigenvalue weighted by Crippen LogP contribution is 2.49. The molecule has 3 saturated heterocycles. The number of carbonyl (C=O) groups excluding carboxylic acids is 2. The lowest BCUT2D eigenvalue weighted by Gasteiger charge is -2.54. The number of ether oxygens (including phenoxy) is 1. The average molecular weight is 472 g/mol. The van der Waals surface area contributed by atoms with Crippen LogP contribution in [0.1, 0.15) is 35.7 Å². The van der Waals surface area contributed by atoms with Crippen molar-refractivity contribution in [3.63, 3.8) is 0 Å². The number of fused-ring (bicyclic) bond motifs is 6. The second kappa shape index (κ2) is 7.96. The van der Waals surface area contributed by atoms with Gasteiger partial charge in [-0.1, -0.05) is 48.5 Å². The normalized spacial score (nSPS) is 26.4. The number of carbonyl (C=O) groups is 2. The summed E-state index contributed by atoms with van der Waals surface area (Å²) in [6.07, 6.45) is 5.86. The summed E-state index contributed by atoms with van der Waals surface area (Å²) in [5.41, 5.74) is 7.26.